The van der Waals surface area contributed by atoms with Crippen LogP contribution in [0.25, 0.3) is 0 Å². The highest BCUT2D eigenvalue weighted by atomic mass is 16.5. The molecule has 0 atom stereocenters. The van der Waals surface area contributed by atoms with Gasteiger partial charge in [0.15, 0.2) is 11.5 Å². The summed E-state index contributed by atoms with van der Waals surface area (Å²) in [4.78, 5) is 14.9. The van der Waals surface area contributed by atoms with Crippen molar-refractivity contribution in [1.82, 2.24) is 0 Å². The third-order valence-electron chi connectivity index (χ3n) is 3.68. The Morgan fingerprint density at radius 2 is 2.11 bits per heavy atom. The van der Waals surface area contributed by atoms with Gasteiger partial charge in [-0.15, -0.1) is 0 Å². The Kier molecular flexibility index (Phi) is 4.23. The third-order valence-corrected chi connectivity index (χ3v) is 3.68. The standard InChI is InChI=1S/C15H19NO3/c1-3-19-14-12(7-6-8-13(14)18-2)15(16-11-17)9-4-5-10-15/h6-8H,3-5,9-10H2,1-2H3. The van der Waals surface area contributed by atoms with Crippen LogP contribution in [0, 0.1) is 0 Å². The predicted molar refractivity (Wildman–Crippen MR) is 72.4 cm³/mol. The van der Waals surface area contributed by atoms with E-state index < -0.39 is 5.54 Å². The molecule has 19 heavy (non-hydrogen) atoms. The van der Waals surface area contributed by atoms with Crippen molar-refractivity contribution in [3.63, 3.8) is 0 Å². The maximum Gasteiger partial charge on any atom is 0.235 e. The van der Waals surface area contributed by atoms with Crippen LogP contribution in [0.4, 0.5) is 0 Å². The van der Waals surface area contributed by atoms with Gasteiger partial charge in [0.1, 0.15) is 5.54 Å². The van der Waals surface area contributed by atoms with Crippen LogP contribution in [0.15, 0.2) is 23.2 Å². The second kappa shape index (κ2) is 5.89. The van der Waals surface area contributed by atoms with Crippen LogP contribution in [0.3, 0.4) is 0 Å². The molecule has 1 aromatic rings. The van der Waals surface area contributed by atoms with E-state index in [9.17, 15) is 4.79 Å². The van der Waals surface area contributed by atoms with Gasteiger partial charge in [-0.25, -0.2) is 4.79 Å². The second-order valence-corrected chi connectivity index (χ2v) is 4.71. The first-order chi connectivity index (χ1) is 9.27. The number of rotatable bonds is 5. The minimum absolute atomic E-state index is 0.485. The molecule has 0 heterocycles. The van der Waals surface area contributed by atoms with Crippen LogP contribution < -0.4 is 9.47 Å². The van der Waals surface area contributed by atoms with Gasteiger partial charge in [0, 0.05) is 5.56 Å². The number of ether oxygens (including phenoxy) is 2. The van der Waals surface area contributed by atoms with Crippen molar-refractivity contribution >= 4 is 6.08 Å². The van der Waals surface area contributed by atoms with Gasteiger partial charge in [-0.05, 0) is 25.8 Å². The van der Waals surface area contributed by atoms with Crippen LogP contribution in [-0.4, -0.2) is 19.8 Å². The molecule has 2 rings (SSSR count). The van der Waals surface area contributed by atoms with Gasteiger partial charge < -0.3 is 9.47 Å². The maximum atomic E-state index is 10.8. The highest BCUT2D eigenvalue weighted by molar-refractivity contribution is 5.52. The quantitative estimate of drug-likeness (QED) is 0.604. The Morgan fingerprint density at radius 1 is 1.37 bits per heavy atom. The second-order valence-electron chi connectivity index (χ2n) is 4.71. The van der Waals surface area contributed by atoms with Crippen LogP contribution in [-0.2, 0) is 10.3 Å². The summed E-state index contributed by atoms with van der Waals surface area (Å²) >= 11 is 0. The largest absolute Gasteiger partial charge is 0.493 e. The summed E-state index contributed by atoms with van der Waals surface area (Å²) in [6.45, 7) is 2.48. The van der Waals surface area contributed by atoms with Crippen molar-refractivity contribution in [2.24, 2.45) is 4.99 Å². The highest BCUT2D eigenvalue weighted by Gasteiger charge is 2.38. The van der Waals surface area contributed by atoms with Crippen molar-refractivity contribution in [2.75, 3.05) is 13.7 Å². The lowest BCUT2D eigenvalue weighted by Crippen LogP contribution is -2.20. The molecule has 1 saturated carbocycles. The molecular formula is C15H19NO3. The normalized spacial score (nSPS) is 16.7. The van der Waals surface area contributed by atoms with E-state index in [4.69, 9.17) is 9.47 Å². The van der Waals surface area contributed by atoms with Crippen LogP contribution >= 0.6 is 0 Å². The number of isocyanates is 1. The first-order valence-corrected chi connectivity index (χ1v) is 6.66. The molecule has 0 N–H and O–H groups in total. The zero-order valence-electron chi connectivity index (χ0n) is 11.4. The summed E-state index contributed by atoms with van der Waals surface area (Å²) in [7, 11) is 1.62. The predicted octanol–water partition coefficient (Wildman–Crippen LogP) is 3.20. The zero-order chi connectivity index (χ0) is 13.7. The molecular weight excluding hydrogens is 242 g/mol. The number of methoxy groups -OCH3 is 1. The molecule has 0 spiro atoms. The minimum Gasteiger partial charge on any atom is -0.493 e. The Morgan fingerprint density at radius 3 is 2.68 bits per heavy atom. The van der Waals surface area contributed by atoms with Crippen molar-refractivity contribution in [3.8, 4) is 11.5 Å². The van der Waals surface area contributed by atoms with Gasteiger partial charge in [-0.1, -0.05) is 25.0 Å². The van der Waals surface area contributed by atoms with Gasteiger partial charge in [0.2, 0.25) is 6.08 Å². The first kappa shape index (κ1) is 13.6. The molecule has 4 heteroatoms. The molecule has 0 aromatic heterocycles. The van der Waals surface area contributed by atoms with Crippen molar-refractivity contribution in [3.05, 3.63) is 23.8 Å². The zero-order valence-corrected chi connectivity index (χ0v) is 11.4. The lowest BCUT2D eigenvalue weighted by Gasteiger charge is -2.26. The number of benzene rings is 1. The van der Waals surface area contributed by atoms with E-state index in [-0.39, 0.29) is 0 Å². The van der Waals surface area contributed by atoms with Gasteiger partial charge in [0.05, 0.1) is 13.7 Å². The van der Waals surface area contributed by atoms with E-state index in [0.29, 0.717) is 18.1 Å². The fourth-order valence-corrected chi connectivity index (χ4v) is 2.82. The summed E-state index contributed by atoms with van der Waals surface area (Å²) < 4.78 is 11.1. The third kappa shape index (κ3) is 2.49. The molecule has 0 saturated heterocycles. The van der Waals surface area contributed by atoms with Gasteiger partial charge in [-0.3, -0.25) is 0 Å². The van der Waals surface area contributed by atoms with Gasteiger partial charge in [-0.2, -0.15) is 4.99 Å². The Balaban J connectivity index is 2.56. The number of hydrogen-bond donors (Lipinski definition) is 0. The monoisotopic (exact) mass is 261 g/mol. The summed E-state index contributed by atoms with van der Waals surface area (Å²) in [5.41, 5.74) is 0.454. The average Bonchev–Trinajstić information content (AvgIpc) is 2.89. The molecule has 1 aliphatic carbocycles. The van der Waals surface area contributed by atoms with Gasteiger partial charge >= 0.3 is 0 Å². The van der Waals surface area contributed by atoms with Crippen LogP contribution in [0.1, 0.15) is 38.2 Å². The molecule has 0 unspecified atom stereocenters. The SMILES string of the molecule is CCOc1c(OC)cccc1C1(N=C=O)CCCC1. The molecule has 102 valence electrons. The van der Waals surface area contributed by atoms with Crippen molar-refractivity contribution in [2.45, 2.75) is 38.1 Å². The van der Waals surface area contributed by atoms with E-state index in [1.54, 1.807) is 13.2 Å². The van der Waals surface area contributed by atoms with Crippen LogP contribution in [0.5, 0.6) is 11.5 Å². The lowest BCUT2D eigenvalue weighted by molar-refractivity contribution is 0.297. The first-order valence-electron chi connectivity index (χ1n) is 6.66. The summed E-state index contributed by atoms with van der Waals surface area (Å²) in [5, 5.41) is 0. The average molecular weight is 261 g/mol. The maximum absolute atomic E-state index is 10.8. The molecule has 4 nitrogen and oxygen atoms in total. The van der Waals surface area contributed by atoms with E-state index in [2.05, 4.69) is 4.99 Å². The fraction of sp³-hybridized carbons (Fsp3) is 0.533. The molecule has 1 aliphatic rings. The summed E-state index contributed by atoms with van der Waals surface area (Å²) in [6, 6.07) is 5.75. The molecule has 1 aromatic carbocycles. The summed E-state index contributed by atoms with van der Waals surface area (Å²) in [6.07, 6.45) is 5.57. The number of aliphatic imine (C=N–C) groups is 1. The fourth-order valence-electron chi connectivity index (χ4n) is 2.82. The minimum atomic E-state index is -0.485. The summed E-state index contributed by atoms with van der Waals surface area (Å²) in [5.74, 6) is 1.39. The smallest absolute Gasteiger partial charge is 0.235 e. The van der Waals surface area contributed by atoms with Crippen molar-refractivity contribution < 1.29 is 14.3 Å². The van der Waals surface area contributed by atoms with E-state index >= 15 is 0 Å². The Bertz CT molecular complexity index is 486. The number of para-hydroxylation sites is 1. The molecule has 0 bridgehead atoms. The molecule has 1 fully saturated rings. The molecule has 0 radical (unpaired) electrons. The number of hydrogen-bond acceptors (Lipinski definition) is 4. The molecule has 0 amide bonds. The van der Waals surface area contributed by atoms with E-state index in [1.807, 2.05) is 25.1 Å². The lowest BCUT2D eigenvalue weighted by atomic mass is 9.88. The van der Waals surface area contributed by atoms with Crippen LogP contribution in [0.2, 0.25) is 0 Å². The van der Waals surface area contributed by atoms with E-state index in [0.717, 1.165) is 31.2 Å². The number of carbonyl (C=O) groups excluding carboxylic acids is 1. The van der Waals surface area contributed by atoms with Crippen molar-refractivity contribution in [1.29, 1.82) is 0 Å². The highest BCUT2D eigenvalue weighted by Crippen LogP contribution is 2.48. The Labute approximate surface area is 113 Å². The van der Waals surface area contributed by atoms with E-state index in [1.165, 1.54) is 0 Å². The topological polar surface area (TPSA) is 47.9 Å². The number of nitrogens with zero attached hydrogens (tertiary/aromatic N) is 1. The van der Waals surface area contributed by atoms with Gasteiger partial charge in [0.25, 0.3) is 0 Å². The molecule has 0 aliphatic heterocycles. The Hall–Kier alpha value is -1.80.